The van der Waals surface area contributed by atoms with Gasteiger partial charge in [-0.05, 0) is 44.4 Å². The van der Waals surface area contributed by atoms with Gasteiger partial charge in [-0.25, -0.2) is 8.42 Å². The van der Waals surface area contributed by atoms with Gasteiger partial charge in [-0.15, -0.1) is 0 Å². The topological polar surface area (TPSA) is 63.7 Å². The van der Waals surface area contributed by atoms with Crippen molar-refractivity contribution >= 4 is 15.7 Å². The van der Waals surface area contributed by atoms with E-state index in [0.717, 1.165) is 12.0 Å². The van der Waals surface area contributed by atoms with Crippen LogP contribution in [0.3, 0.4) is 0 Å². The average molecular weight is 339 g/mol. The first-order valence-corrected chi connectivity index (χ1v) is 9.89. The number of sulfone groups is 1. The number of amides is 1. The first kappa shape index (κ1) is 17.8. The largest absolute Gasteiger partial charge is 0.481 e. The van der Waals surface area contributed by atoms with Crippen molar-refractivity contribution in [2.24, 2.45) is 0 Å². The van der Waals surface area contributed by atoms with Crippen LogP contribution in [0.4, 0.5) is 0 Å². The summed E-state index contributed by atoms with van der Waals surface area (Å²) < 4.78 is 29.2. The molecule has 0 aromatic heterocycles. The van der Waals surface area contributed by atoms with Crippen LogP contribution in [0.25, 0.3) is 0 Å². The molecule has 0 aliphatic carbocycles. The molecule has 0 N–H and O–H groups in total. The third kappa shape index (κ3) is 4.70. The van der Waals surface area contributed by atoms with Gasteiger partial charge in [0.1, 0.15) is 5.75 Å². The zero-order chi connectivity index (χ0) is 17.0. The summed E-state index contributed by atoms with van der Waals surface area (Å²) in [5.74, 6) is 0.741. The minimum Gasteiger partial charge on any atom is -0.481 e. The molecule has 128 valence electrons. The fourth-order valence-electron chi connectivity index (χ4n) is 2.91. The normalized spacial score (nSPS) is 20.9. The first-order chi connectivity index (χ1) is 10.8. The summed E-state index contributed by atoms with van der Waals surface area (Å²) >= 11 is 0. The number of aryl methyl sites for hydroxylation is 1. The zero-order valence-electron chi connectivity index (χ0n) is 14.0. The van der Waals surface area contributed by atoms with Crippen LogP contribution in [-0.2, 0) is 14.6 Å². The monoisotopic (exact) mass is 339 g/mol. The third-order valence-electron chi connectivity index (χ3n) is 4.05. The van der Waals surface area contributed by atoms with Crippen molar-refractivity contribution in [3.63, 3.8) is 0 Å². The molecular formula is C17H25NO4S. The SMILES string of the molecule is CCCN(C(=O)C(C)Oc1cccc(C)c1)C1CCS(=O)(=O)C1. The number of ether oxygens (including phenoxy) is 1. The summed E-state index contributed by atoms with van der Waals surface area (Å²) in [6.07, 6.45) is 0.677. The van der Waals surface area contributed by atoms with Gasteiger partial charge >= 0.3 is 0 Å². The quantitative estimate of drug-likeness (QED) is 0.797. The zero-order valence-corrected chi connectivity index (χ0v) is 14.8. The molecule has 1 aromatic carbocycles. The number of hydrogen-bond donors (Lipinski definition) is 0. The third-order valence-corrected chi connectivity index (χ3v) is 5.80. The van der Waals surface area contributed by atoms with Crippen molar-refractivity contribution in [1.82, 2.24) is 4.90 Å². The maximum Gasteiger partial charge on any atom is 0.263 e. The van der Waals surface area contributed by atoms with Gasteiger partial charge in [0, 0.05) is 12.6 Å². The van der Waals surface area contributed by atoms with Crippen molar-refractivity contribution in [3.05, 3.63) is 29.8 Å². The Bertz CT molecular complexity index is 656. The van der Waals surface area contributed by atoms with Gasteiger partial charge in [0.15, 0.2) is 15.9 Å². The standard InChI is InChI=1S/C17H25NO4S/c1-4-9-18(15-8-10-23(20,21)12-15)17(19)14(3)22-16-7-5-6-13(2)11-16/h5-7,11,14-15H,4,8-10,12H2,1-3H3. The van der Waals surface area contributed by atoms with E-state index in [-0.39, 0.29) is 23.5 Å². The molecule has 1 aliphatic rings. The molecule has 23 heavy (non-hydrogen) atoms. The molecule has 1 fully saturated rings. The molecule has 0 saturated carbocycles. The lowest BCUT2D eigenvalue weighted by Crippen LogP contribution is -2.47. The second-order valence-electron chi connectivity index (χ2n) is 6.17. The van der Waals surface area contributed by atoms with Crippen molar-refractivity contribution < 1.29 is 17.9 Å². The first-order valence-electron chi connectivity index (χ1n) is 8.06. The van der Waals surface area contributed by atoms with Crippen molar-refractivity contribution in [2.75, 3.05) is 18.1 Å². The molecule has 1 heterocycles. The molecule has 6 heteroatoms. The van der Waals surface area contributed by atoms with E-state index < -0.39 is 15.9 Å². The van der Waals surface area contributed by atoms with E-state index in [0.29, 0.717) is 18.7 Å². The van der Waals surface area contributed by atoms with E-state index in [9.17, 15) is 13.2 Å². The number of nitrogens with zero attached hydrogens (tertiary/aromatic N) is 1. The Kier molecular flexibility index (Phi) is 5.68. The fraction of sp³-hybridized carbons (Fsp3) is 0.588. The minimum atomic E-state index is -3.02. The Morgan fingerprint density at radius 2 is 2.17 bits per heavy atom. The van der Waals surface area contributed by atoms with E-state index in [2.05, 4.69) is 0 Å². The molecule has 2 rings (SSSR count). The van der Waals surface area contributed by atoms with Crippen LogP contribution in [0.5, 0.6) is 5.75 Å². The summed E-state index contributed by atoms with van der Waals surface area (Å²) in [6, 6.07) is 7.33. The predicted molar refractivity (Wildman–Crippen MR) is 90.3 cm³/mol. The lowest BCUT2D eigenvalue weighted by Gasteiger charge is -2.30. The summed E-state index contributed by atoms with van der Waals surface area (Å²) in [6.45, 7) is 6.22. The maximum absolute atomic E-state index is 12.7. The molecule has 1 aliphatic heterocycles. The Morgan fingerprint density at radius 1 is 1.43 bits per heavy atom. The number of carbonyl (C=O) groups excluding carboxylic acids is 1. The van der Waals surface area contributed by atoms with Crippen molar-refractivity contribution in [1.29, 1.82) is 0 Å². The number of rotatable bonds is 6. The van der Waals surface area contributed by atoms with Gasteiger partial charge in [0.05, 0.1) is 11.5 Å². The van der Waals surface area contributed by atoms with Gasteiger partial charge in [0.2, 0.25) is 0 Å². The van der Waals surface area contributed by atoms with E-state index in [1.54, 1.807) is 11.8 Å². The van der Waals surface area contributed by atoms with Gasteiger partial charge in [-0.2, -0.15) is 0 Å². The fourth-order valence-corrected chi connectivity index (χ4v) is 4.64. The van der Waals surface area contributed by atoms with Crippen LogP contribution < -0.4 is 4.74 Å². The highest BCUT2D eigenvalue weighted by Crippen LogP contribution is 2.21. The van der Waals surface area contributed by atoms with Crippen molar-refractivity contribution in [2.45, 2.75) is 45.8 Å². The number of benzene rings is 1. The molecular weight excluding hydrogens is 314 g/mol. The Morgan fingerprint density at radius 3 is 2.74 bits per heavy atom. The van der Waals surface area contributed by atoms with Gasteiger partial charge in [-0.3, -0.25) is 4.79 Å². The van der Waals surface area contributed by atoms with Gasteiger partial charge in [0.25, 0.3) is 5.91 Å². The highest BCUT2D eigenvalue weighted by molar-refractivity contribution is 7.91. The van der Waals surface area contributed by atoms with Crippen LogP contribution >= 0.6 is 0 Å². The second-order valence-corrected chi connectivity index (χ2v) is 8.39. The number of carbonyl (C=O) groups is 1. The van der Waals surface area contributed by atoms with Gasteiger partial charge in [-0.1, -0.05) is 19.1 Å². The highest BCUT2D eigenvalue weighted by Gasteiger charge is 2.36. The lowest BCUT2D eigenvalue weighted by molar-refractivity contribution is -0.139. The van der Waals surface area contributed by atoms with Crippen LogP contribution in [0.15, 0.2) is 24.3 Å². The molecule has 0 spiro atoms. The summed E-state index contributed by atoms with van der Waals surface area (Å²) in [5, 5.41) is 0. The molecule has 1 saturated heterocycles. The van der Waals surface area contributed by atoms with Crippen LogP contribution in [0, 0.1) is 6.92 Å². The lowest BCUT2D eigenvalue weighted by atomic mass is 10.2. The predicted octanol–water partition coefficient (Wildman–Crippen LogP) is 2.19. The number of hydrogen-bond acceptors (Lipinski definition) is 4. The van der Waals surface area contributed by atoms with Crippen molar-refractivity contribution in [3.8, 4) is 5.75 Å². The van der Waals surface area contributed by atoms with Crippen LogP contribution in [-0.4, -0.2) is 49.4 Å². The van der Waals surface area contributed by atoms with E-state index in [1.165, 1.54) is 0 Å². The van der Waals surface area contributed by atoms with Gasteiger partial charge < -0.3 is 9.64 Å². The van der Waals surface area contributed by atoms with Crippen LogP contribution in [0.1, 0.15) is 32.3 Å². The maximum atomic E-state index is 12.7. The Hall–Kier alpha value is -1.56. The van der Waals surface area contributed by atoms with E-state index in [4.69, 9.17) is 4.74 Å². The molecule has 5 nitrogen and oxygen atoms in total. The molecule has 0 radical (unpaired) electrons. The Balaban J connectivity index is 2.08. The van der Waals surface area contributed by atoms with E-state index >= 15 is 0 Å². The highest BCUT2D eigenvalue weighted by atomic mass is 32.2. The summed E-state index contributed by atoms with van der Waals surface area (Å²) in [5.41, 5.74) is 1.06. The van der Waals surface area contributed by atoms with E-state index in [1.807, 2.05) is 38.1 Å². The summed E-state index contributed by atoms with van der Waals surface area (Å²) in [4.78, 5) is 14.4. The Labute approximate surface area is 138 Å². The molecule has 2 unspecified atom stereocenters. The van der Waals surface area contributed by atoms with Crippen LogP contribution in [0.2, 0.25) is 0 Å². The smallest absolute Gasteiger partial charge is 0.263 e. The molecule has 2 atom stereocenters. The second kappa shape index (κ2) is 7.34. The molecule has 1 aromatic rings. The molecule has 0 bridgehead atoms. The average Bonchev–Trinajstić information content (AvgIpc) is 2.84. The minimum absolute atomic E-state index is 0.0654. The summed E-state index contributed by atoms with van der Waals surface area (Å²) in [7, 11) is -3.02. The molecule has 1 amide bonds.